The summed E-state index contributed by atoms with van der Waals surface area (Å²) < 4.78 is 41.0. The summed E-state index contributed by atoms with van der Waals surface area (Å²) in [4.78, 5) is 8.57. The van der Waals surface area contributed by atoms with Crippen LogP contribution < -0.4 is 4.74 Å². The average molecular weight is 397 g/mol. The molecule has 28 heavy (non-hydrogen) atoms. The predicted molar refractivity (Wildman–Crippen MR) is 99.1 cm³/mol. The van der Waals surface area contributed by atoms with Crippen LogP contribution in [-0.2, 0) is 15.6 Å². The van der Waals surface area contributed by atoms with Gasteiger partial charge in [-0.25, -0.2) is 8.42 Å². The number of hydrogen-bond donors (Lipinski definition) is 0. The first-order valence-electron chi connectivity index (χ1n) is 8.26. The van der Waals surface area contributed by atoms with Gasteiger partial charge in [-0.05, 0) is 48.5 Å². The molecule has 9 heteroatoms. The first-order valence-corrected chi connectivity index (χ1v) is 9.91. The van der Waals surface area contributed by atoms with E-state index < -0.39 is 9.84 Å². The molecule has 0 aliphatic carbocycles. The maximum Gasteiger partial charge on any atom is 0.293 e. The van der Waals surface area contributed by atoms with Crippen molar-refractivity contribution in [2.45, 2.75) is 10.6 Å². The molecule has 0 bridgehead atoms. The molecule has 0 saturated carbocycles. The first kappa shape index (κ1) is 17.9. The molecular formula is C19H15N3O5S. The lowest BCUT2D eigenvalue weighted by molar-refractivity contribution is 0.413. The molecule has 8 nitrogen and oxygen atoms in total. The predicted octanol–water partition coefficient (Wildman–Crippen LogP) is 3.37. The minimum Gasteiger partial charge on any atom is -0.497 e. The Bertz CT molecular complexity index is 1180. The fraction of sp³-hybridized carbons (Fsp3) is 0.105. The van der Waals surface area contributed by atoms with Crippen molar-refractivity contribution in [3.63, 3.8) is 0 Å². The lowest BCUT2D eigenvalue weighted by Gasteiger charge is -2.04. The van der Waals surface area contributed by atoms with Gasteiger partial charge < -0.3 is 13.7 Å². The lowest BCUT2D eigenvalue weighted by atomic mass is 10.3. The molecule has 0 N–H and O–H groups in total. The van der Waals surface area contributed by atoms with Crippen molar-refractivity contribution in [2.75, 3.05) is 7.11 Å². The van der Waals surface area contributed by atoms with Crippen molar-refractivity contribution in [3.8, 4) is 28.9 Å². The molecule has 0 aliphatic heterocycles. The lowest BCUT2D eigenvalue weighted by Crippen LogP contribution is -2.04. The quantitative estimate of drug-likeness (QED) is 0.487. The molecule has 142 valence electrons. The second kappa shape index (κ2) is 7.28. The van der Waals surface area contributed by atoms with Gasteiger partial charge >= 0.3 is 0 Å². The summed E-state index contributed by atoms with van der Waals surface area (Å²) in [6.07, 6.45) is 1.63. The average Bonchev–Trinajstić information content (AvgIpc) is 3.38. The van der Waals surface area contributed by atoms with Crippen LogP contribution in [0, 0.1) is 0 Å². The van der Waals surface area contributed by atoms with Gasteiger partial charge in [0.05, 0.1) is 12.0 Å². The highest BCUT2D eigenvalue weighted by Crippen LogP contribution is 2.26. The van der Waals surface area contributed by atoms with Crippen LogP contribution in [-0.4, -0.2) is 30.7 Å². The molecule has 4 rings (SSSR count). The monoisotopic (exact) mass is 397 g/mol. The maximum absolute atomic E-state index is 12.6. The number of ether oxygens (including phenoxy) is 1. The Balaban J connectivity index is 1.54. The second-order valence-electron chi connectivity index (χ2n) is 5.84. The summed E-state index contributed by atoms with van der Waals surface area (Å²) in [6, 6.07) is 14.7. The van der Waals surface area contributed by atoms with Gasteiger partial charge in [-0.2, -0.15) is 4.98 Å². The zero-order valence-corrected chi connectivity index (χ0v) is 15.6. The molecule has 0 radical (unpaired) electrons. The summed E-state index contributed by atoms with van der Waals surface area (Å²) >= 11 is 0. The Morgan fingerprint density at radius 1 is 1.04 bits per heavy atom. The molecule has 0 atom stereocenters. The second-order valence-corrected chi connectivity index (χ2v) is 7.83. The smallest absolute Gasteiger partial charge is 0.293 e. The van der Waals surface area contributed by atoms with Gasteiger partial charge in [-0.15, -0.1) is 0 Å². The van der Waals surface area contributed by atoms with Crippen molar-refractivity contribution in [1.29, 1.82) is 0 Å². The van der Waals surface area contributed by atoms with Crippen LogP contribution in [0.2, 0.25) is 0 Å². The van der Waals surface area contributed by atoms with Crippen LogP contribution in [0.1, 0.15) is 5.76 Å². The largest absolute Gasteiger partial charge is 0.497 e. The van der Waals surface area contributed by atoms with Gasteiger partial charge in [0.1, 0.15) is 23.0 Å². The normalized spacial score (nSPS) is 11.5. The zero-order valence-electron chi connectivity index (χ0n) is 14.8. The van der Waals surface area contributed by atoms with E-state index in [1.807, 2.05) is 6.07 Å². The Labute approximate surface area is 160 Å². The molecule has 1 aromatic carbocycles. The van der Waals surface area contributed by atoms with E-state index in [0.717, 1.165) is 0 Å². The Morgan fingerprint density at radius 3 is 2.57 bits per heavy atom. The Kier molecular flexibility index (Phi) is 4.66. The van der Waals surface area contributed by atoms with Crippen molar-refractivity contribution in [1.82, 2.24) is 15.1 Å². The highest BCUT2D eigenvalue weighted by molar-refractivity contribution is 7.90. The molecule has 0 amide bonds. The van der Waals surface area contributed by atoms with E-state index >= 15 is 0 Å². The number of sulfone groups is 1. The van der Waals surface area contributed by atoms with Gasteiger partial charge in [-0.1, -0.05) is 11.2 Å². The number of nitrogens with zero attached hydrogens (tertiary/aromatic N) is 3. The van der Waals surface area contributed by atoms with E-state index in [-0.39, 0.29) is 28.1 Å². The van der Waals surface area contributed by atoms with Crippen molar-refractivity contribution >= 4 is 9.84 Å². The highest BCUT2D eigenvalue weighted by atomic mass is 32.2. The number of hydrogen-bond acceptors (Lipinski definition) is 8. The maximum atomic E-state index is 12.6. The summed E-state index contributed by atoms with van der Waals surface area (Å²) in [7, 11) is -2.05. The number of pyridine rings is 1. The summed E-state index contributed by atoms with van der Waals surface area (Å²) in [6.45, 7) is 0. The minimum absolute atomic E-state index is 0.147. The molecule has 0 saturated heterocycles. The van der Waals surface area contributed by atoms with E-state index in [4.69, 9.17) is 13.7 Å². The molecule has 0 aliphatic rings. The number of furan rings is 1. The number of aromatic nitrogens is 3. The van der Waals surface area contributed by atoms with Crippen LogP contribution in [0.25, 0.3) is 23.2 Å². The molecule has 4 aromatic rings. The molecule has 3 aromatic heterocycles. The van der Waals surface area contributed by atoms with Crippen molar-refractivity contribution < 1.29 is 22.1 Å². The van der Waals surface area contributed by atoms with E-state index in [1.165, 1.54) is 19.2 Å². The standard InChI is InChI=1S/C19H15N3O5S/c1-25-13-5-8-15(9-6-13)28(23,24)12-14-7-10-17(26-14)19-21-18(22-27-19)16-4-2-3-11-20-16/h2-11H,12H2,1H3. The SMILES string of the molecule is COc1ccc(S(=O)(=O)Cc2ccc(-c3nc(-c4ccccn4)no3)o2)cc1. The molecule has 0 unspecified atom stereocenters. The van der Waals surface area contributed by atoms with Gasteiger partial charge in [0, 0.05) is 6.20 Å². The van der Waals surface area contributed by atoms with Gasteiger partial charge in [0.25, 0.3) is 5.89 Å². The van der Waals surface area contributed by atoms with Crippen molar-refractivity contribution in [2.24, 2.45) is 0 Å². The molecular weight excluding hydrogens is 382 g/mol. The molecule has 3 heterocycles. The van der Waals surface area contributed by atoms with Crippen LogP contribution in [0.15, 0.2) is 74.6 Å². The Hall–Kier alpha value is -3.46. The number of benzene rings is 1. The van der Waals surface area contributed by atoms with Gasteiger partial charge in [0.15, 0.2) is 15.6 Å². The Morgan fingerprint density at radius 2 is 1.86 bits per heavy atom. The number of methoxy groups -OCH3 is 1. The topological polar surface area (TPSA) is 108 Å². The first-order chi connectivity index (χ1) is 13.5. The van der Waals surface area contributed by atoms with Gasteiger partial charge in [0.2, 0.25) is 5.82 Å². The number of rotatable bonds is 6. The van der Waals surface area contributed by atoms with E-state index in [0.29, 0.717) is 17.3 Å². The van der Waals surface area contributed by atoms with E-state index in [1.54, 1.807) is 42.6 Å². The van der Waals surface area contributed by atoms with E-state index in [2.05, 4.69) is 15.1 Å². The van der Waals surface area contributed by atoms with Gasteiger partial charge in [-0.3, -0.25) is 4.98 Å². The minimum atomic E-state index is -3.57. The zero-order chi connectivity index (χ0) is 19.6. The van der Waals surface area contributed by atoms with Crippen molar-refractivity contribution in [3.05, 3.63) is 66.6 Å². The van der Waals surface area contributed by atoms with Crippen LogP contribution in [0.3, 0.4) is 0 Å². The highest BCUT2D eigenvalue weighted by Gasteiger charge is 2.20. The molecule has 0 spiro atoms. The third-order valence-corrected chi connectivity index (χ3v) is 5.60. The van der Waals surface area contributed by atoms with Crippen LogP contribution in [0.5, 0.6) is 5.75 Å². The molecule has 0 fully saturated rings. The fourth-order valence-electron chi connectivity index (χ4n) is 2.55. The van der Waals surface area contributed by atoms with Crippen LogP contribution >= 0.6 is 0 Å². The van der Waals surface area contributed by atoms with Crippen LogP contribution in [0.4, 0.5) is 0 Å². The van der Waals surface area contributed by atoms with E-state index in [9.17, 15) is 8.42 Å². The third kappa shape index (κ3) is 3.65. The summed E-state index contributed by atoms with van der Waals surface area (Å²) in [5.41, 5.74) is 0.561. The third-order valence-electron chi connectivity index (χ3n) is 3.94. The summed E-state index contributed by atoms with van der Waals surface area (Å²) in [5.74, 6) is 1.31. The fourth-order valence-corrected chi connectivity index (χ4v) is 3.79. The summed E-state index contributed by atoms with van der Waals surface area (Å²) in [5, 5.41) is 3.87.